The summed E-state index contributed by atoms with van der Waals surface area (Å²) in [5, 5.41) is 4.39. The summed E-state index contributed by atoms with van der Waals surface area (Å²) < 4.78 is 2.01. The van der Waals surface area contributed by atoms with Gasteiger partial charge in [-0.25, -0.2) is 0 Å². The van der Waals surface area contributed by atoms with Crippen molar-refractivity contribution in [3.8, 4) is 0 Å². The van der Waals surface area contributed by atoms with Crippen LogP contribution in [0.25, 0.3) is 0 Å². The number of hydrogen-bond acceptors (Lipinski definition) is 1. The van der Waals surface area contributed by atoms with E-state index in [1.165, 1.54) is 18.4 Å². The fourth-order valence-corrected chi connectivity index (χ4v) is 2.47. The Morgan fingerprint density at radius 1 is 1.29 bits per heavy atom. The van der Waals surface area contributed by atoms with Crippen molar-refractivity contribution in [3.05, 3.63) is 48.3 Å². The highest BCUT2D eigenvalue weighted by Gasteiger charge is 2.46. The molecule has 1 aliphatic carbocycles. The molecule has 2 nitrogen and oxygen atoms in total. The predicted octanol–water partition coefficient (Wildman–Crippen LogP) is 2.07. The number of nitrogens with zero attached hydrogens (tertiary/aromatic N) is 2. The maximum atomic E-state index is 5.77. The smallest absolute Gasteiger partial charge is 0.118 e. The van der Waals surface area contributed by atoms with Crippen LogP contribution in [0.2, 0.25) is 0 Å². The molecule has 1 aromatic heterocycles. The molecule has 0 amide bonds. The van der Waals surface area contributed by atoms with Gasteiger partial charge in [0.1, 0.15) is 7.85 Å². The largest absolute Gasteiger partial charge is 0.265 e. The average Bonchev–Trinajstić information content (AvgIpc) is 2.92. The first-order valence-electron chi connectivity index (χ1n) is 6.04. The van der Waals surface area contributed by atoms with Crippen LogP contribution in [-0.4, -0.2) is 17.6 Å². The van der Waals surface area contributed by atoms with Crippen LogP contribution in [0.1, 0.15) is 31.4 Å². The normalized spacial score (nSPS) is 18.9. The molecule has 0 N–H and O–H groups in total. The van der Waals surface area contributed by atoms with E-state index in [2.05, 4.69) is 36.3 Å². The lowest BCUT2D eigenvalue weighted by atomic mass is 9.92. The summed E-state index contributed by atoms with van der Waals surface area (Å²) in [7, 11) is 5.77. The van der Waals surface area contributed by atoms with Gasteiger partial charge in [0.25, 0.3) is 0 Å². The van der Waals surface area contributed by atoms with Crippen molar-refractivity contribution in [1.82, 2.24) is 9.78 Å². The first-order chi connectivity index (χ1) is 8.19. The molecule has 0 saturated heterocycles. The molecule has 1 heterocycles. The number of hydrogen-bond donors (Lipinski definition) is 0. The molecule has 3 rings (SSSR count). The summed E-state index contributed by atoms with van der Waals surface area (Å²) in [6.45, 7) is 2.32. The Morgan fingerprint density at radius 3 is 2.53 bits per heavy atom. The Balaban J connectivity index is 2.04. The summed E-state index contributed by atoms with van der Waals surface area (Å²) >= 11 is 0. The summed E-state index contributed by atoms with van der Waals surface area (Å²) in [6.07, 6.45) is 6.17. The molecule has 17 heavy (non-hydrogen) atoms. The number of benzene rings is 1. The minimum absolute atomic E-state index is 0.306. The molecule has 1 saturated carbocycles. The van der Waals surface area contributed by atoms with E-state index in [4.69, 9.17) is 7.85 Å². The van der Waals surface area contributed by atoms with Crippen LogP contribution in [0.4, 0.5) is 0 Å². The standard InChI is InChI=1S/C14H15BN2/c1-14(7-8-14)13(11-5-3-2-4-6-11)17-10-12(15)9-16-17/h2-6,9-10,13H,7-8H2,1H3. The quantitative estimate of drug-likeness (QED) is 0.727. The predicted molar refractivity (Wildman–Crippen MR) is 69.5 cm³/mol. The maximum absolute atomic E-state index is 5.77. The molecule has 1 aromatic carbocycles. The Hall–Kier alpha value is -1.51. The van der Waals surface area contributed by atoms with Crippen LogP contribution in [-0.2, 0) is 0 Å². The lowest BCUT2D eigenvalue weighted by Crippen LogP contribution is -2.20. The Kier molecular flexibility index (Phi) is 2.35. The summed E-state index contributed by atoms with van der Waals surface area (Å²) in [5.41, 5.74) is 2.38. The van der Waals surface area contributed by atoms with Crippen LogP contribution >= 0.6 is 0 Å². The minimum atomic E-state index is 0.306. The van der Waals surface area contributed by atoms with Gasteiger partial charge >= 0.3 is 0 Å². The van der Waals surface area contributed by atoms with Gasteiger partial charge in [0.2, 0.25) is 0 Å². The van der Waals surface area contributed by atoms with Crippen LogP contribution < -0.4 is 5.46 Å². The fraction of sp³-hybridized carbons (Fsp3) is 0.357. The van der Waals surface area contributed by atoms with Gasteiger partial charge in [-0.3, -0.25) is 4.68 Å². The number of rotatable bonds is 3. The summed E-state index contributed by atoms with van der Waals surface area (Å²) in [6, 6.07) is 10.9. The maximum Gasteiger partial charge on any atom is 0.118 e. The molecule has 3 heteroatoms. The van der Waals surface area contributed by atoms with E-state index in [1.807, 2.05) is 16.9 Å². The van der Waals surface area contributed by atoms with Crippen molar-refractivity contribution in [3.63, 3.8) is 0 Å². The van der Waals surface area contributed by atoms with Crippen molar-refractivity contribution < 1.29 is 0 Å². The monoisotopic (exact) mass is 222 g/mol. The molecular weight excluding hydrogens is 207 g/mol. The second-order valence-electron chi connectivity index (χ2n) is 5.22. The molecule has 0 spiro atoms. The van der Waals surface area contributed by atoms with Crippen LogP contribution in [0.15, 0.2) is 42.7 Å². The van der Waals surface area contributed by atoms with E-state index in [1.54, 1.807) is 6.20 Å². The van der Waals surface area contributed by atoms with Crippen LogP contribution in [0.5, 0.6) is 0 Å². The zero-order valence-corrected chi connectivity index (χ0v) is 10.0. The Morgan fingerprint density at radius 2 is 2.00 bits per heavy atom. The molecule has 1 fully saturated rings. The lowest BCUT2D eigenvalue weighted by Gasteiger charge is -2.24. The molecular formula is C14H15BN2. The number of aromatic nitrogens is 2. The Bertz CT molecular complexity index is 514. The van der Waals surface area contributed by atoms with Gasteiger partial charge in [-0.05, 0) is 23.8 Å². The van der Waals surface area contributed by atoms with Crippen molar-refractivity contribution in [2.45, 2.75) is 25.8 Å². The van der Waals surface area contributed by atoms with Gasteiger partial charge in [0.05, 0.1) is 6.04 Å². The molecule has 1 aliphatic rings. The topological polar surface area (TPSA) is 17.8 Å². The van der Waals surface area contributed by atoms with Gasteiger partial charge < -0.3 is 0 Å². The molecule has 1 atom stereocenters. The van der Waals surface area contributed by atoms with Gasteiger partial charge in [-0.1, -0.05) is 42.7 Å². The third-order valence-corrected chi connectivity index (χ3v) is 3.70. The molecule has 0 aliphatic heterocycles. The van der Waals surface area contributed by atoms with Crippen molar-refractivity contribution in [2.24, 2.45) is 5.41 Å². The van der Waals surface area contributed by atoms with E-state index in [-0.39, 0.29) is 0 Å². The third-order valence-electron chi connectivity index (χ3n) is 3.70. The highest BCUT2D eigenvalue weighted by atomic mass is 15.3. The average molecular weight is 222 g/mol. The van der Waals surface area contributed by atoms with Crippen molar-refractivity contribution in [1.29, 1.82) is 0 Å². The van der Waals surface area contributed by atoms with E-state index in [0.29, 0.717) is 11.5 Å². The summed E-state index contributed by atoms with van der Waals surface area (Å²) in [5.74, 6) is 0. The first kappa shape index (κ1) is 10.6. The van der Waals surface area contributed by atoms with Crippen molar-refractivity contribution >= 4 is 13.3 Å². The molecule has 2 aromatic rings. The zero-order valence-electron chi connectivity index (χ0n) is 10.0. The van der Waals surface area contributed by atoms with E-state index >= 15 is 0 Å². The van der Waals surface area contributed by atoms with Gasteiger partial charge in [0, 0.05) is 12.4 Å². The molecule has 84 valence electrons. The van der Waals surface area contributed by atoms with Gasteiger partial charge in [-0.2, -0.15) is 5.10 Å². The second-order valence-corrected chi connectivity index (χ2v) is 5.22. The van der Waals surface area contributed by atoms with Crippen LogP contribution in [0.3, 0.4) is 0 Å². The first-order valence-corrected chi connectivity index (χ1v) is 6.04. The highest BCUT2D eigenvalue weighted by Crippen LogP contribution is 2.55. The second kappa shape index (κ2) is 3.76. The zero-order chi connectivity index (χ0) is 11.9. The molecule has 0 bridgehead atoms. The van der Waals surface area contributed by atoms with E-state index in [9.17, 15) is 0 Å². The highest BCUT2D eigenvalue weighted by molar-refractivity contribution is 6.31. The fourth-order valence-electron chi connectivity index (χ4n) is 2.47. The molecule has 2 radical (unpaired) electrons. The minimum Gasteiger partial charge on any atom is -0.265 e. The van der Waals surface area contributed by atoms with E-state index in [0.717, 1.165) is 5.46 Å². The molecule has 1 unspecified atom stereocenters. The SMILES string of the molecule is [B]c1cnn(C(c2ccccc2)C2(C)CC2)c1. The van der Waals surface area contributed by atoms with Crippen molar-refractivity contribution in [2.75, 3.05) is 0 Å². The van der Waals surface area contributed by atoms with Crippen LogP contribution in [0, 0.1) is 5.41 Å². The van der Waals surface area contributed by atoms with Gasteiger partial charge in [-0.15, -0.1) is 0 Å². The Labute approximate surface area is 103 Å². The van der Waals surface area contributed by atoms with Gasteiger partial charge in [0.15, 0.2) is 0 Å². The lowest BCUT2D eigenvalue weighted by molar-refractivity contribution is 0.357. The third kappa shape index (κ3) is 1.90. The summed E-state index contributed by atoms with van der Waals surface area (Å²) in [4.78, 5) is 0. The van der Waals surface area contributed by atoms with E-state index < -0.39 is 0 Å².